The van der Waals surface area contributed by atoms with Crippen LogP contribution in [0.5, 0.6) is 0 Å². The Morgan fingerprint density at radius 3 is 2.20 bits per heavy atom. The molecule has 314 valence electrons. The van der Waals surface area contributed by atoms with Gasteiger partial charge in [0.25, 0.3) is 0 Å². The summed E-state index contributed by atoms with van der Waals surface area (Å²) in [4.78, 5) is 48.1. The van der Waals surface area contributed by atoms with Crippen molar-refractivity contribution in [1.82, 2.24) is 35.1 Å². The second-order valence-corrected chi connectivity index (χ2v) is 18.4. The minimum absolute atomic E-state index is 0.0467. The molecule has 59 heavy (non-hydrogen) atoms. The van der Waals surface area contributed by atoms with Crippen LogP contribution in [0.25, 0.3) is 33.6 Å². The van der Waals surface area contributed by atoms with Gasteiger partial charge in [-0.1, -0.05) is 30.3 Å². The Balaban J connectivity index is 0.833. The monoisotopic (exact) mass is 805 g/mol. The highest BCUT2D eigenvalue weighted by molar-refractivity contribution is 5.83. The smallest absolute Gasteiger partial charge is 0.240 e. The normalized spacial score (nSPS) is 26.1. The molecule has 2 aliphatic carbocycles. The molecule has 11 nitrogen and oxygen atoms in total. The molecule has 12 heteroatoms. The average molecular weight is 806 g/mol. The minimum Gasteiger partial charge on any atom is -0.375 e. The molecule has 4 aromatic rings. The lowest BCUT2D eigenvalue weighted by molar-refractivity contribution is -0.137. The van der Waals surface area contributed by atoms with Gasteiger partial charge in [0, 0.05) is 55.2 Å². The lowest BCUT2D eigenvalue weighted by Crippen LogP contribution is -2.47. The molecule has 6 atom stereocenters. The number of nitrogens with one attached hydrogen (secondary N) is 3. The van der Waals surface area contributed by atoms with Crippen molar-refractivity contribution in [2.45, 2.75) is 146 Å². The van der Waals surface area contributed by atoms with Gasteiger partial charge in [0.05, 0.1) is 40.7 Å². The van der Waals surface area contributed by atoms with Crippen molar-refractivity contribution < 1.29 is 23.5 Å². The third kappa shape index (κ3) is 8.37. The number of halogens is 1. The van der Waals surface area contributed by atoms with Gasteiger partial charge in [-0.2, -0.15) is 0 Å². The van der Waals surface area contributed by atoms with E-state index in [4.69, 9.17) is 19.4 Å². The van der Waals surface area contributed by atoms with E-state index in [9.17, 15) is 9.59 Å². The summed E-state index contributed by atoms with van der Waals surface area (Å²) in [6, 6.07) is 13.0. The van der Waals surface area contributed by atoms with Crippen LogP contribution in [-0.2, 0) is 19.1 Å². The molecule has 1 spiro atoms. The maximum Gasteiger partial charge on any atom is 0.240 e. The predicted octanol–water partition coefficient (Wildman–Crippen LogP) is 8.66. The van der Waals surface area contributed by atoms with Crippen LogP contribution in [0.3, 0.4) is 0 Å². The highest BCUT2D eigenvalue weighted by Crippen LogP contribution is 2.49. The van der Waals surface area contributed by atoms with Gasteiger partial charge >= 0.3 is 0 Å². The number of H-pyrrole nitrogens is 2. The van der Waals surface area contributed by atoms with Crippen LogP contribution in [0.2, 0.25) is 0 Å². The van der Waals surface area contributed by atoms with Crippen LogP contribution in [0, 0.1) is 11.7 Å². The molecule has 4 unspecified atom stereocenters. The predicted molar refractivity (Wildman–Crippen MR) is 224 cm³/mol. The molecule has 2 amide bonds. The van der Waals surface area contributed by atoms with Crippen molar-refractivity contribution in [2.24, 2.45) is 5.92 Å². The fourth-order valence-electron chi connectivity index (χ4n) is 9.97. The van der Waals surface area contributed by atoms with E-state index >= 15 is 4.39 Å². The Bertz CT molecular complexity index is 2140. The van der Waals surface area contributed by atoms with Gasteiger partial charge in [-0.3, -0.25) is 9.59 Å². The molecule has 2 aromatic carbocycles. The molecule has 3 saturated heterocycles. The number of likely N-dealkylation sites (N-methyl/N-ethyl adjacent to an activating group) is 1. The summed E-state index contributed by atoms with van der Waals surface area (Å²) in [5, 5.41) is 3.26. The highest BCUT2D eigenvalue weighted by atomic mass is 19.1. The first-order chi connectivity index (χ1) is 28.5. The quantitative estimate of drug-likeness (QED) is 0.109. The molecule has 5 aliphatic rings. The Morgan fingerprint density at radius 2 is 1.53 bits per heavy atom. The summed E-state index contributed by atoms with van der Waals surface area (Å²) < 4.78 is 27.8. The summed E-state index contributed by atoms with van der Waals surface area (Å²) >= 11 is 0. The Morgan fingerprint density at radius 1 is 0.881 bits per heavy atom. The van der Waals surface area contributed by atoms with E-state index in [1.807, 2.05) is 53.4 Å². The highest BCUT2D eigenvalue weighted by Gasteiger charge is 2.49. The van der Waals surface area contributed by atoms with Gasteiger partial charge in [-0.05, 0) is 134 Å². The third-order valence-corrected chi connectivity index (χ3v) is 14.0. The van der Waals surface area contributed by atoms with Crippen molar-refractivity contribution in [3.63, 3.8) is 0 Å². The fraction of sp³-hybridized carbons (Fsp3) is 0.574. The molecule has 3 aliphatic heterocycles. The summed E-state index contributed by atoms with van der Waals surface area (Å²) in [5.41, 5.74) is 4.44. The number of aromatic amines is 2. The molecule has 5 heterocycles. The summed E-state index contributed by atoms with van der Waals surface area (Å²) in [7, 11) is 1.86. The lowest BCUT2D eigenvalue weighted by Gasteiger charge is -2.33. The molecule has 2 saturated carbocycles. The van der Waals surface area contributed by atoms with Crippen LogP contribution < -0.4 is 5.32 Å². The Kier molecular flexibility index (Phi) is 11.0. The molecule has 0 radical (unpaired) electrons. The number of hydrogen-bond acceptors (Lipinski definition) is 7. The lowest BCUT2D eigenvalue weighted by atomic mass is 9.90. The van der Waals surface area contributed by atoms with Crippen LogP contribution in [0.15, 0.2) is 54.9 Å². The van der Waals surface area contributed by atoms with Gasteiger partial charge < -0.3 is 34.6 Å². The number of hydrogen-bond donors (Lipinski definition) is 3. The van der Waals surface area contributed by atoms with Crippen LogP contribution >= 0.6 is 0 Å². The Hall–Kier alpha value is -4.39. The van der Waals surface area contributed by atoms with E-state index in [1.54, 1.807) is 18.3 Å². The topological polar surface area (TPSA) is 128 Å². The van der Waals surface area contributed by atoms with Crippen LogP contribution in [-0.4, -0.2) is 91.1 Å². The SMILES string of the molecule is CNC(CCCOC1(C)CC1)C(=O)N1C(C)CCC1c1nc(-c2ccc(-c3ccc(-c4c[nH]c([C@@H]5CC[C@H](C)N5C(=O)CC5CCOC6(CC6)C5)n4)c(F)c3)cc2)c[nH]1. The molecule has 0 bridgehead atoms. The Labute approximate surface area is 347 Å². The van der Waals surface area contributed by atoms with Crippen molar-refractivity contribution in [3.05, 3.63) is 72.3 Å². The second kappa shape index (κ2) is 16.2. The van der Waals surface area contributed by atoms with E-state index in [-0.39, 0.29) is 59.0 Å². The van der Waals surface area contributed by atoms with E-state index in [0.29, 0.717) is 36.0 Å². The number of benzene rings is 2. The number of nitrogens with zero attached hydrogens (tertiary/aromatic N) is 4. The molecule has 9 rings (SSSR count). The van der Waals surface area contributed by atoms with Crippen LogP contribution in [0.1, 0.15) is 128 Å². The van der Waals surface area contributed by atoms with Gasteiger partial charge in [-0.15, -0.1) is 0 Å². The van der Waals surface area contributed by atoms with E-state index in [0.717, 1.165) is 112 Å². The third-order valence-electron chi connectivity index (χ3n) is 14.0. The maximum atomic E-state index is 15.8. The van der Waals surface area contributed by atoms with Gasteiger partial charge in [-0.25, -0.2) is 14.4 Å². The van der Waals surface area contributed by atoms with Crippen molar-refractivity contribution in [3.8, 4) is 33.6 Å². The number of carbonyl (C=O) groups excluding carboxylic acids is 2. The zero-order chi connectivity index (χ0) is 40.9. The first-order valence-corrected chi connectivity index (χ1v) is 22.1. The number of imidazole rings is 2. The molecule has 5 fully saturated rings. The fourth-order valence-corrected chi connectivity index (χ4v) is 9.97. The first-order valence-electron chi connectivity index (χ1n) is 22.1. The van der Waals surface area contributed by atoms with E-state index in [1.165, 1.54) is 0 Å². The van der Waals surface area contributed by atoms with Gasteiger partial charge in [0.2, 0.25) is 11.8 Å². The number of aromatic nitrogens is 4. The number of likely N-dealkylation sites (tertiary alicyclic amines) is 2. The number of carbonyl (C=O) groups is 2. The van der Waals surface area contributed by atoms with E-state index in [2.05, 4.69) is 36.1 Å². The van der Waals surface area contributed by atoms with Gasteiger partial charge in [0.15, 0.2) is 0 Å². The average Bonchev–Trinajstić information content (AvgIpc) is 3.76. The van der Waals surface area contributed by atoms with Crippen molar-refractivity contribution in [1.29, 1.82) is 0 Å². The zero-order valence-electron chi connectivity index (χ0n) is 35.1. The van der Waals surface area contributed by atoms with Gasteiger partial charge in [0.1, 0.15) is 17.5 Å². The molecule has 3 N–H and O–H groups in total. The number of rotatable bonds is 14. The van der Waals surface area contributed by atoms with E-state index < -0.39 is 0 Å². The first kappa shape index (κ1) is 40.0. The maximum absolute atomic E-state index is 15.8. The number of amides is 2. The van der Waals surface area contributed by atoms with Crippen molar-refractivity contribution >= 4 is 11.8 Å². The second-order valence-electron chi connectivity index (χ2n) is 18.4. The zero-order valence-corrected chi connectivity index (χ0v) is 35.1. The standard InChI is InChI=1S/C47H60FN7O4/c1-29-7-15-40(54(29)42(56)24-31-17-23-59-47(26-31)20-21-47)43-51-28-39(53-43)35-14-13-34(25-36(35)48)32-9-11-33(12-10-32)38-27-50-44(52-38)41-16-8-30(2)55(41)45(57)37(49-4)6-5-22-58-46(3)18-19-46/h9-14,25,27-31,37,40-41,49H,5-8,15-24,26H2,1-4H3,(H,50,52)(H,51,53)/t29-,30?,31?,37?,40-,41?/m0/s1. The molecular weight excluding hydrogens is 746 g/mol. The summed E-state index contributed by atoms with van der Waals surface area (Å²) in [6.07, 6.45) is 15.7. The molecular formula is C47H60FN7O4. The minimum atomic E-state index is -0.353. The number of ether oxygens (including phenoxy) is 2. The molecule has 2 aromatic heterocycles. The summed E-state index contributed by atoms with van der Waals surface area (Å²) in [5.74, 6) is 1.82. The summed E-state index contributed by atoms with van der Waals surface area (Å²) in [6.45, 7) is 7.82. The largest absolute Gasteiger partial charge is 0.375 e. The van der Waals surface area contributed by atoms with Crippen molar-refractivity contribution in [2.75, 3.05) is 20.3 Å². The van der Waals surface area contributed by atoms with Crippen LogP contribution in [0.4, 0.5) is 4.39 Å².